The van der Waals surface area contributed by atoms with E-state index in [0.29, 0.717) is 6.54 Å². The van der Waals surface area contributed by atoms with Crippen LogP contribution in [0.5, 0.6) is 5.75 Å². The Morgan fingerprint density at radius 1 is 1.23 bits per heavy atom. The molecule has 1 N–H and O–H groups in total. The molecule has 1 amide bonds. The maximum Gasteiger partial charge on any atom is 0.260 e. The molecule has 4 nitrogen and oxygen atoms in total. The fraction of sp³-hybridized carbons (Fsp3) is 0.611. The molecule has 1 aromatic carbocycles. The maximum atomic E-state index is 12.0. The van der Waals surface area contributed by atoms with Crippen LogP contribution in [0.1, 0.15) is 39.7 Å². The first kappa shape index (κ1) is 18.5. The van der Waals surface area contributed by atoms with Crippen LogP contribution in [0.3, 0.4) is 0 Å². The zero-order chi connectivity index (χ0) is 16.8. The van der Waals surface area contributed by atoms with E-state index >= 15 is 0 Å². The van der Waals surface area contributed by atoms with E-state index in [1.54, 1.807) is 6.92 Å². The lowest BCUT2D eigenvalue weighted by molar-refractivity contribution is -0.127. The Morgan fingerprint density at radius 3 is 2.32 bits per heavy atom. The van der Waals surface area contributed by atoms with Crippen molar-refractivity contribution in [1.29, 1.82) is 0 Å². The number of ether oxygens (including phenoxy) is 1. The van der Waals surface area contributed by atoms with Crippen molar-refractivity contribution in [2.75, 3.05) is 27.2 Å². The highest BCUT2D eigenvalue weighted by atomic mass is 16.5. The van der Waals surface area contributed by atoms with Crippen LogP contribution in [-0.2, 0) is 10.2 Å². The van der Waals surface area contributed by atoms with Gasteiger partial charge in [0.2, 0.25) is 0 Å². The molecule has 0 fully saturated rings. The average molecular weight is 306 g/mol. The first-order valence-corrected chi connectivity index (χ1v) is 7.90. The van der Waals surface area contributed by atoms with Gasteiger partial charge in [-0.2, -0.15) is 0 Å². The molecule has 0 aliphatic heterocycles. The van der Waals surface area contributed by atoms with Gasteiger partial charge in [-0.25, -0.2) is 0 Å². The Hall–Kier alpha value is -1.55. The monoisotopic (exact) mass is 306 g/mol. The van der Waals surface area contributed by atoms with Crippen molar-refractivity contribution in [3.8, 4) is 5.75 Å². The number of hydrogen-bond acceptors (Lipinski definition) is 3. The molecule has 0 unspecified atom stereocenters. The lowest BCUT2D eigenvalue weighted by atomic mass is 9.87. The van der Waals surface area contributed by atoms with E-state index in [4.69, 9.17) is 4.74 Å². The number of rotatable bonds is 7. The average Bonchev–Trinajstić information content (AvgIpc) is 2.42. The van der Waals surface area contributed by atoms with Crippen molar-refractivity contribution in [3.05, 3.63) is 29.8 Å². The summed E-state index contributed by atoms with van der Waals surface area (Å²) >= 11 is 0. The summed E-state index contributed by atoms with van der Waals surface area (Å²) in [5, 5.41) is 2.90. The van der Waals surface area contributed by atoms with E-state index in [-0.39, 0.29) is 11.3 Å². The van der Waals surface area contributed by atoms with Gasteiger partial charge in [-0.15, -0.1) is 0 Å². The first-order valence-electron chi connectivity index (χ1n) is 7.90. The number of nitrogens with zero attached hydrogens (tertiary/aromatic N) is 1. The molecule has 124 valence electrons. The summed E-state index contributed by atoms with van der Waals surface area (Å²) in [6, 6.07) is 7.96. The molecule has 1 rings (SSSR count). The van der Waals surface area contributed by atoms with Gasteiger partial charge in [0.25, 0.3) is 5.91 Å². The van der Waals surface area contributed by atoms with Crippen LogP contribution >= 0.6 is 0 Å². The quantitative estimate of drug-likeness (QED) is 0.788. The minimum absolute atomic E-state index is 0.0707. The minimum atomic E-state index is -0.486. The molecule has 0 aliphatic rings. The lowest BCUT2D eigenvalue weighted by Gasteiger charge is -2.20. The molecule has 0 saturated heterocycles. The highest BCUT2D eigenvalue weighted by molar-refractivity contribution is 5.80. The summed E-state index contributed by atoms with van der Waals surface area (Å²) in [4.78, 5) is 14.1. The number of benzene rings is 1. The van der Waals surface area contributed by atoms with Crippen molar-refractivity contribution in [2.45, 2.75) is 45.6 Å². The molecule has 0 aromatic heterocycles. The van der Waals surface area contributed by atoms with Crippen LogP contribution in [0.25, 0.3) is 0 Å². The van der Waals surface area contributed by atoms with Gasteiger partial charge in [0, 0.05) is 6.54 Å². The van der Waals surface area contributed by atoms with Crippen molar-refractivity contribution >= 4 is 5.91 Å². The van der Waals surface area contributed by atoms with Gasteiger partial charge in [-0.3, -0.25) is 4.79 Å². The van der Waals surface area contributed by atoms with Crippen molar-refractivity contribution in [3.63, 3.8) is 0 Å². The molecule has 1 atom stereocenters. The predicted molar refractivity (Wildman–Crippen MR) is 91.4 cm³/mol. The second kappa shape index (κ2) is 8.18. The topological polar surface area (TPSA) is 41.6 Å². The summed E-state index contributed by atoms with van der Waals surface area (Å²) in [7, 11) is 4.05. The molecule has 0 spiro atoms. The van der Waals surface area contributed by atoms with Gasteiger partial charge < -0.3 is 15.0 Å². The highest BCUT2D eigenvalue weighted by Gasteiger charge is 2.16. The van der Waals surface area contributed by atoms with E-state index < -0.39 is 6.10 Å². The Morgan fingerprint density at radius 2 is 1.82 bits per heavy atom. The maximum absolute atomic E-state index is 12.0. The molecule has 4 heteroatoms. The molecule has 22 heavy (non-hydrogen) atoms. The van der Waals surface area contributed by atoms with Gasteiger partial charge >= 0.3 is 0 Å². The molecule has 1 aromatic rings. The Kier molecular flexibility index (Phi) is 6.88. The molecule has 0 bridgehead atoms. The normalized spacial score (nSPS) is 13.0. The van der Waals surface area contributed by atoms with Gasteiger partial charge in [-0.05, 0) is 57.1 Å². The van der Waals surface area contributed by atoms with Gasteiger partial charge in [0.05, 0.1) is 0 Å². The highest BCUT2D eigenvalue weighted by Crippen LogP contribution is 2.24. The van der Waals surface area contributed by atoms with Crippen LogP contribution in [0.15, 0.2) is 24.3 Å². The van der Waals surface area contributed by atoms with Crippen LogP contribution < -0.4 is 10.1 Å². The smallest absolute Gasteiger partial charge is 0.260 e. The van der Waals surface area contributed by atoms with Gasteiger partial charge in [0.1, 0.15) is 5.75 Å². The number of nitrogens with one attached hydrogen (secondary N) is 1. The number of carbonyl (C=O) groups excluding carboxylic acids is 1. The third-order valence-electron chi connectivity index (χ3n) is 3.48. The second-order valence-electron chi connectivity index (χ2n) is 6.98. The predicted octanol–water partition coefficient (Wildman–Crippen LogP) is 2.82. The van der Waals surface area contributed by atoms with E-state index in [9.17, 15) is 4.79 Å². The summed E-state index contributed by atoms with van der Waals surface area (Å²) in [6.45, 7) is 9.93. The fourth-order valence-electron chi connectivity index (χ4n) is 2.04. The summed E-state index contributed by atoms with van der Waals surface area (Å²) in [6.07, 6.45) is 0.450. The molecule has 0 saturated carbocycles. The fourth-order valence-corrected chi connectivity index (χ4v) is 2.04. The summed E-state index contributed by atoms with van der Waals surface area (Å²) in [5.41, 5.74) is 1.37. The molecule has 0 heterocycles. The van der Waals surface area contributed by atoms with Crippen LogP contribution in [0, 0.1) is 0 Å². The first-order chi connectivity index (χ1) is 10.2. The Balaban J connectivity index is 2.43. The molecule has 0 aliphatic carbocycles. The lowest BCUT2D eigenvalue weighted by Crippen LogP contribution is -2.37. The van der Waals surface area contributed by atoms with E-state index in [0.717, 1.165) is 18.7 Å². The Labute approximate surface area is 134 Å². The minimum Gasteiger partial charge on any atom is -0.481 e. The molecule has 0 radical (unpaired) electrons. The van der Waals surface area contributed by atoms with Crippen LogP contribution in [0.4, 0.5) is 0 Å². The Bertz CT molecular complexity index is 461. The largest absolute Gasteiger partial charge is 0.481 e. The number of amides is 1. The number of carbonyl (C=O) groups is 1. The van der Waals surface area contributed by atoms with Crippen molar-refractivity contribution in [1.82, 2.24) is 10.2 Å². The third kappa shape index (κ3) is 6.48. The van der Waals surface area contributed by atoms with E-state index in [1.807, 2.05) is 26.2 Å². The van der Waals surface area contributed by atoms with E-state index in [2.05, 4.69) is 43.1 Å². The SMILES string of the molecule is C[C@H](Oc1ccc(C(C)(C)C)cc1)C(=O)NCCCN(C)C. The van der Waals surface area contributed by atoms with E-state index in [1.165, 1.54) is 5.56 Å². The van der Waals surface area contributed by atoms with Gasteiger partial charge in [-0.1, -0.05) is 32.9 Å². The third-order valence-corrected chi connectivity index (χ3v) is 3.48. The van der Waals surface area contributed by atoms with Crippen LogP contribution in [0.2, 0.25) is 0 Å². The second-order valence-corrected chi connectivity index (χ2v) is 6.98. The standard InChI is InChI=1S/C18H30N2O2/c1-14(17(21)19-12-7-13-20(5)6)22-16-10-8-15(9-11-16)18(2,3)4/h8-11,14H,7,12-13H2,1-6H3,(H,19,21)/t14-/m0/s1. The molecular weight excluding hydrogens is 276 g/mol. The van der Waals surface area contributed by atoms with Gasteiger partial charge in [0.15, 0.2) is 6.10 Å². The van der Waals surface area contributed by atoms with Crippen LogP contribution in [-0.4, -0.2) is 44.1 Å². The van der Waals surface area contributed by atoms with Crippen molar-refractivity contribution < 1.29 is 9.53 Å². The summed E-state index contributed by atoms with van der Waals surface area (Å²) < 4.78 is 5.70. The zero-order valence-electron chi connectivity index (χ0n) is 14.8. The van der Waals surface area contributed by atoms with Crippen molar-refractivity contribution in [2.24, 2.45) is 0 Å². The summed E-state index contributed by atoms with van der Waals surface area (Å²) in [5.74, 6) is 0.655. The zero-order valence-corrected chi connectivity index (χ0v) is 14.8. The molecular formula is C18H30N2O2. The number of hydrogen-bond donors (Lipinski definition) is 1.